The third-order valence-corrected chi connectivity index (χ3v) is 4.76. The first kappa shape index (κ1) is 16.9. The molecule has 2 saturated heterocycles. The SMILES string of the molecule is Cl.Clc1cccc(N2CCN(CC3CCNCC3)CC2)c1. The largest absolute Gasteiger partial charge is 0.369 e. The van der Waals surface area contributed by atoms with Gasteiger partial charge in [-0.1, -0.05) is 17.7 Å². The standard InChI is InChI=1S/C16H24ClN3.ClH/c17-15-2-1-3-16(12-15)20-10-8-19(9-11-20)13-14-4-6-18-7-5-14;/h1-3,12,14,18H,4-11,13H2;1H. The lowest BCUT2D eigenvalue weighted by Crippen LogP contribution is -2.48. The van der Waals surface area contributed by atoms with Gasteiger partial charge in [0.2, 0.25) is 0 Å². The van der Waals surface area contributed by atoms with Gasteiger partial charge in [0, 0.05) is 43.4 Å². The molecule has 1 aromatic rings. The van der Waals surface area contributed by atoms with Crippen molar-refractivity contribution < 1.29 is 0 Å². The van der Waals surface area contributed by atoms with Gasteiger partial charge in [0.15, 0.2) is 0 Å². The molecule has 2 heterocycles. The van der Waals surface area contributed by atoms with Gasteiger partial charge in [0.25, 0.3) is 0 Å². The quantitative estimate of drug-likeness (QED) is 0.919. The molecule has 1 N–H and O–H groups in total. The zero-order chi connectivity index (χ0) is 13.8. The molecule has 0 amide bonds. The Labute approximate surface area is 139 Å². The van der Waals surface area contributed by atoms with Crippen molar-refractivity contribution in [1.29, 1.82) is 0 Å². The summed E-state index contributed by atoms with van der Waals surface area (Å²) >= 11 is 6.08. The van der Waals surface area contributed by atoms with Crippen LogP contribution in [0.1, 0.15) is 12.8 Å². The van der Waals surface area contributed by atoms with Crippen molar-refractivity contribution in [2.75, 3.05) is 50.7 Å². The van der Waals surface area contributed by atoms with Crippen LogP contribution in [0.2, 0.25) is 5.02 Å². The number of piperidine rings is 1. The summed E-state index contributed by atoms with van der Waals surface area (Å²) < 4.78 is 0. The van der Waals surface area contributed by atoms with Crippen LogP contribution in [0.25, 0.3) is 0 Å². The lowest BCUT2D eigenvalue weighted by atomic mass is 9.97. The Kier molecular flexibility index (Phi) is 6.62. The molecule has 118 valence electrons. The molecule has 3 rings (SSSR count). The van der Waals surface area contributed by atoms with Crippen LogP contribution < -0.4 is 10.2 Å². The summed E-state index contributed by atoms with van der Waals surface area (Å²) in [4.78, 5) is 5.09. The average Bonchev–Trinajstić information content (AvgIpc) is 2.49. The Morgan fingerprint density at radius 1 is 1.10 bits per heavy atom. The maximum atomic E-state index is 6.08. The highest BCUT2D eigenvalue weighted by atomic mass is 35.5. The van der Waals surface area contributed by atoms with Crippen LogP contribution in [0.5, 0.6) is 0 Å². The van der Waals surface area contributed by atoms with Crippen molar-refractivity contribution in [2.24, 2.45) is 5.92 Å². The minimum Gasteiger partial charge on any atom is -0.369 e. The topological polar surface area (TPSA) is 18.5 Å². The molecule has 0 saturated carbocycles. The van der Waals surface area contributed by atoms with Crippen molar-refractivity contribution in [3.05, 3.63) is 29.3 Å². The molecule has 0 radical (unpaired) electrons. The summed E-state index contributed by atoms with van der Waals surface area (Å²) in [6, 6.07) is 8.22. The Balaban J connectivity index is 0.00000161. The van der Waals surface area contributed by atoms with E-state index in [0.29, 0.717) is 0 Å². The number of benzene rings is 1. The number of piperazine rings is 1. The van der Waals surface area contributed by atoms with Gasteiger partial charge in [-0.3, -0.25) is 4.90 Å². The first-order valence-electron chi connectivity index (χ1n) is 7.75. The summed E-state index contributed by atoms with van der Waals surface area (Å²) in [5.74, 6) is 0.897. The predicted molar refractivity (Wildman–Crippen MR) is 92.9 cm³/mol. The predicted octanol–water partition coefficient (Wildman–Crippen LogP) is 2.88. The Morgan fingerprint density at radius 2 is 1.81 bits per heavy atom. The summed E-state index contributed by atoms with van der Waals surface area (Å²) in [6.45, 7) is 8.27. The second-order valence-corrected chi connectivity index (χ2v) is 6.40. The van der Waals surface area contributed by atoms with Crippen LogP contribution in [0.15, 0.2) is 24.3 Å². The molecule has 2 aliphatic rings. The van der Waals surface area contributed by atoms with Crippen LogP contribution in [0.3, 0.4) is 0 Å². The summed E-state index contributed by atoms with van der Waals surface area (Å²) in [7, 11) is 0. The van der Waals surface area contributed by atoms with E-state index in [1.54, 1.807) is 0 Å². The molecule has 0 bridgehead atoms. The average molecular weight is 330 g/mol. The fraction of sp³-hybridized carbons (Fsp3) is 0.625. The molecule has 0 aromatic heterocycles. The molecule has 0 atom stereocenters. The third-order valence-electron chi connectivity index (χ3n) is 4.52. The Hall–Kier alpha value is -0.480. The molecular formula is C16H25Cl2N3. The fourth-order valence-corrected chi connectivity index (χ4v) is 3.48. The number of nitrogens with one attached hydrogen (secondary N) is 1. The normalized spacial score (nSPS) is 21.1. The highest BCUT2D eigenvalue weighted by Crippen LogP contribution is 2.21. The lowest BCUT2D eigenvalue weighted by Gasteiger charge is -2.38. The molecule has 5 heteroatoms. The zero-order valence-corrected chi connectivity index (χ0v) is 14.0. The highest BCUT2D eigenvalue weighted by molar-refractivity contribution is 6.30. The minimum atomic E-state index is 0. The second kappa shape index (κ2) is 8.23. The van der Waals surface area contributed by atoms with Crippen LogP contribution in [0.4, 0.5) is 5.69 Å². The van der Waals surface area contributed by atoms with E-state index in [-0.39, 0.29) is 12.4 Å². The van der Waals surface area contributed by atoms with E-state index in [4.69, 9.17) is 11.6 Å². The van der Waals surface area contributed by atoms with Crippen LogP contribution in [0, 0.1) is 5.92 Å². The van der Waals surface area contributed by atoms with Crippen molar-refractivity contribution in [1.82, 2.24) is 10.2 Å². The minimum absolute atomic E-state index is 0. The summed E-state index contributed by atoms with van der Waals surface area (Å²) in [5, 5.41) is 4.28. The molecular weight excluding hydrogens is 305 g/mol. The van der Waals surface area contributed by atoms with Crippen LogP contribution >= 0.6 is 24.0 Å². The van der Waals surface area contributed by atoms with E-state index in [0.717, 1.165) is 24.0 Å². The Morgan fingerprint density at radius 3 is 2.48 bits per heavy atom. The van der Waals surface area contributed by atoms with Gasteiger partial charge < -0.3 is 10.2 Å². The number of nitrogens with zero attached hydrogens (tertiary/aromatic N) is 2. The molecule has 21 heavy (non-hydrogen) atoms. The second-order valence-electron chi connectivity index (χ2n) is 5.96. The molecule has 1 aromatic carbocycles. The van der Waals surface area contributed by atoms with Gasteiger partial charge >= 0.3 is 0 Å². The monoisotopic (exact) mass is 329 g/mol. The lowest BCUT2D eigenvalue weighted by molar-refractivity contribution is 0.196. The van der Waals surface area contributed by atoms with Gasteiger partial charge in [-0.05, 0) is 50.0 Å². The molecule has 0 unspecified atom stereocenters. The number of hydrogen-bond acceptors (Lipinski definition) is 3. The third kappa shape index (κ3) is 4.75. The van der Waals surface area contributed by atoms with Crippen molar-refractivity contribution in [3.63, 3.8) is 0 Å². The Bertz CT molecular complexity index is 427. The first-order chi connectivity index (χ1) is 9.81. The van der Waals surface area contributed by atoms with Gasteiger partial charge in [0.1, 0.15) is 0 Å². The van der Waals surface area contributed by atoms with Crippen molar-refractivity contribution in [2.45, 2.75) is 12.8 Å². The summed E-state index contributed by atoms with van der Waals surface area (Å²) in [5.41, 5.74) is 1.26. The summed E-state index contributed by atoms with van der Waals surface area (Å²) in [6.07, 6.45) is 2.68. The fourth-order valence-electron chi connectivity index (χ4n) is 3.29. The van der Waals surface area contributed by atoms with Crippen LogP contribution in [-0.4, -0.2) is 50.7 Å². The zero-order valence-electron chi connectivity index (χ0n) is 12.4. The molecule has 2 aliphatic heterocycles. The molecule has 0 spiro atoms. The van der Waals surface area contributed by atoms with E-state index in [1.165, 1.54) is 51.3 Å². The van der Waals surface area contributed by atoms with Gasteiger partial charge in [-0.2, -0.15) is 0 Å². The van der Waals surface area contributed by atoms with E-state index in [9.17, 15) is 0 Å². The molecule has 3 nitrogen and oxygen atoms in total. The number of rotatable bonds is 3. The maximum Gasteiger partial charge on any atom is 0.0426 e. The maximum absolute atomic E-state index is 6.08. The van der Waals surface area contributed by atoms with E-state index < -0.39 is 0 Å². The van der Waals surface area contributed by atoms with Gasteiger partial charge in [0.05, 0.1) is 0 Å². The van der Waals surface area contributed by atoms with Crippen LogP contribution in [-0.2, 0) is 0 Å². The van der Waals surface area contributed by atoms with Gasteiger partial charge in [-0.25, -0.2) is 0 Å². The molecule has 2 fully saturated rings. The highest BCUT2D eigenvalue weighted by Gasteiger charge is 2.21. The smallest absolute Gasteiger partial charge is 0.0426 e. The van der Waals surface area contributed by atoms with Crippen molar-refractivity contribution >= 4 is 29.7 Å². The number of hydrogen-bond donors (Lipinski definition) is 1. The van der Waals surface area contributed by atoms with Crippen molar-refractivity contribution in [3.8, 4) is 0 Å². The number of halogens is 2. The van der Waals surface area contributed by atoms with Gasteiger partial charge in [-0.15, -0.1) is 12.4 Å². The van der Waals surface area contributed by atoms with E-state index in [2.05, 4.69) is 27.2 Å². The van der Waals surface area contributed by atoms with E-state index >= 15 is 0 Å². The number of anilines is 1. The van der Waals surface area contributed by atoms with E-state index in [1.807, 2.05) is 12.1 Å². The first-order valence-corrected chi connectivity index (χ1v) is 8.12. The molecule has 0 aliphatic carbocycles.